The molecule has 1 aromatic rings. The van der Waals surface area contributed by atoms with Gasteiger partial charge in [-0.25, -0.2) is 0 Å². The first-order chi connectivity index (χ1) is 6.80. The lowest BCUT2D eigenvalue weighted by molar-refractivity contribution is 0.415. The average molecular weight is 191 g/mol. The van der Waals surface area contributed by atoms with Crippen molar-refractivity contribution >= 4 is 11.4 Å². The molecule has 0 fully saturated rings. The Morgan fingerprint density at radius 3 is 2.14 bits per heavy atom. The zero-order valence-corrected chi connectivity index (χ0v) is 9.08. The van der Waals surface area contributed by atoms with E-state index in [1.54, 1.807) is 7.11 Å². The zero-order valence-electron chi connectivity index (χ0n) is 9.08. The molecule has 0 saturated carbocycles. The van der Waals surface area contributed by atoms with Crippen LogP contribution in [0, 0.1) is 0 Å². The van der Waals surface area contributed by atoms with E-state index in [2.05, 4.69) is 18.8 Å². The molecule has 0 spiro atoms. The van der Waals surface area contributed by atoms with E-state index in [1.165, 1.54) is 5.71 Å². The number of nitrogens with zero attached hydrogens (tertiary/aromatic N) is 1. The van der Waals surface area contributed by atoms with Crippen LogP contribution in [0.4, 0.5) is 5.69 Å². The maximum atomic E-state index is 5.08. The molecule has 14 heavy (non-hydrogen) atoms. The Hall–Kier alpha value is -1.31. The number of hydrogen-bond acceptors (Lipinski definition) is 2. The van der Waals surface area contributed by atoms with Gasteiger partial charge in [0.1, 0.15) is 5.75 Å². The van der Waals surface area contributed by atoms with Crippen molar-refractivity contribution < 1.29 is 4.74 Å². The van der Waals surface area contributed by atoms with Gasteiger partial charge in [0.2, 0.25) is 0 Å². The molecule has 0 aliphatic heterocycles. The number of hydrogen-bond donors (Lipinski definition) is 0. The average Bonchev–Trinajstić information content (AvgIpc) is 2.26. The van der Waals surface area contributed by atoms with Crippen molar-refractivity contribution in [3.63, 3.8) is 0 Å². The van der Waals surface area contributed by atoms with Gasteiger partial charge in [-0.15, -0.1) is 0 Å². The van der Waals surface area contributed by atoms with Crippen LogP contribution in [0.25, 0.3) is 0 Å². The topological polar surface area (TPSA) is 21.6 Å². The number of rotatable bonds is 4. The molecule has 0 aromatic heterocycles. The standard InChI is InChI=1S/C12H17NO/c1-4-10(5-2)13-11-6-8-12(14-3)9-7-11/h6-9H,4-5H2,1-3H3. The van der Waals surface area contributed by atoms with Crippen molar-refractivity contribution in [1.29, 1.82) is 0 Å². The van der Waals surface area contributed by atoms with Crippen LogP contribution in [0.15, 0.2) is 29.3 Å². The lowest BCUT2D eigenvalue weighted by atomic mass is 10.2. The lowest BCUT2D eigenvalue weighted by Gasteiger charge is -2.01. The summed E-state index contributed by atoms with van der Waals surface area (Å²) in [4.78, 5) is 4.53. The van der Waals surface area contributed by atoms with E-state index in [0.29, 0.717) is 0 Å². The third-order valence-electron chi connectivity index (χ3n) is 2.18. The first-order valence-electron chi connectivity index (χ1n) is 5.00. The second kappa shape index (κ2) is 5.43. The normalized spacial score (nSPS) is 9.64. The summed E-state index contributed by atoms with van der Waals surface area (Å²) >= 11 is 0. The second-order valence-corrected chi connectivity index (χ2v) is 3.08. The predicted octanol–water partition coefficient (Wildman–Crippen LogP) is 3.59. The van der Waals surface area contributed by atoms with E-state index in [4.69, 9.17) is 4.74 Å². The molecule has 76 valence electrons. The number of methoxy groups -OCH3 is 1. The van der Waals surface area contributed by atoms with E-state index in [-0.39, 0.29) is 0 Å². The summed E-state index contributed by atoms with van der Waals surface area (Å²) in [5.41, 5.74) is 2.24. The Kier molecular flexibility index (Phi) is 4.17. The predicted molar refractivity (Wildman–Crippen MR) is 60.7 cm³/mol. The number of ether oxygens (including phenoxy) is 1. The third-order valence-corrected chi connectivity index (χ3v) is 2.18. The second-order valence-electron chi connectivity index (χ2n) is 3.08. The Balaban J connectivity index is 2.81. The molecular weight excluding hydrogens is 174 g/mol. The third kappa shape index (κ3) is 2.87. The van der Waals surface area contributed by atoms with Crippen LogP contribution < -0.4 is 4.74 Å². The molecule has 0 unspecified atom stereocenters. The van der Waals surface area contributed by atoms with Crippen molar-refractivity contribution in [3.8, 4) is 5.75 Å². The van der Waals surface area contributed by atoms with Crippen LogP contribution in [-0.2, 0) is 0 Å². The molecule has 0 heterocycles. The summed E-state index contributed by atoms with van der Waals surface area (Å²) < 4.78 is 5.08. The van der Waals surface area contributed by atoms with Crippen molar-refractivity contribution in [2.45, 2.75) is 26.7 Å². The molecule has 0 aliphatic rings. The van der Waals surface area contributed by atoms with Gasteiger partial charge in [0, 0.05) is 5.71 Å². The fourth-order valence-electron chi connectivity index (χ4n) is 1.25. The van der Waals surface area contributed by atoms with Gasteiger partial charge in [-0.1, -0.05) is 13.8 Å². The molecule has 0 atom stereocenters. The fraction of sp³-hybridized carbons (Fsp3) is 0.417. The van der Waals surface area contributed by atoms with Crippen molar-refractivity contribution in [3.05, 3.63) is 24.3 Å². The van der Waals surface area contributed by atoms with Crippen LogP contribution >= 0.6 is 0 Å². The Morgan fingerprint density at radius 2 is 1.71 bits per heavy atom. The van der Waals surface area contributed by atoms with Gasteiger partial charge in [-0.05, 0) is 37.1 Å². The van der Waals surface area contributed by atoms with E-state index >= 15 is 0 Å². The van der Waals surface area contributed by atoms with Gasteiger partial charge in [-0.2, -0.15) is 0 Å². The van der Waals surface area contributed by atoms with Gasteiger partial charge in [0.25, 0.3) is 0 Å². The molecule has 2 heteroatoms. The SMILES string of the molecule is CCC(CC)=Nc1ccc(OC)cc1. The minimum absolute atomic E-state index is 0.874. The summed E-state index contributed by atoms with van der Waals surface area (Å²) in [7, 11) is 1.67. The van der Waals surface area contributed by atoms with Gasteiger partial charge < -0.3 is 4.74 Å². The smallest absolute Gasteiger partial charge is 0.119 e. The van der Waals surface area contributed by atoms with Gasteiger partial charge >= 0.3 is 0 Å². The highest BCUT2D eigenvalue weighted by molar-refractivity contribution is 5.86. The summed E-state index contributed by atoms with van der Waals surface area (Å²) in [6, 6.07) is 7.82. The maximum absolute atomic E-state index is 5.08. The maximum Gasteiger partial charge on any atom is 0.119 e. The molecule has 0 bridgehead atoms. The molecule has 2 nitrogen and oxygen atoms in total. The molecule has 1 rings (SSSR count). The Morgan fingerprint density at radius 1 is 1.14 bits per heavy atom. The van der Waals surface area contributed by atoms with Crippen molar-refractivity contribution in [2.75, 3.05) is 7.11 Å². The van der Waals surface area contributed by atoms with Gasteiger partial charge in [0.05, 0.1) is 12.8 Å². The minimum atomic E-state index is 0.874. The highest BCUT2D eigenvalue weighted by atomic mass is 16.5. The monoisotopic (exact) mass is 191 g/mol. The molecular formula is C12H17NO. The summed E-state index contributed by atoms with van der Waals surface area (Å²) in [6.07, 6.45) is 2.03. The van der Waals surface area contributed by atoms with E-state index in [1.807, 2.05) is 24.3 Å². The van der Waals surface area contributed by atoms with E-state index in [9.17, 15) is 0 Å². The summed E-state index contributed by atoms with van der Waals surface area (Å²) in [5, 5.41) is 0. The van der Waals surface area contributed by atoms with Crippen LogP contribution in [0.1, 0.15) is 26.7 Å². The number of benzene rings is 1. The highest BCUT2D eigenvalue weighted by Gasteiger charge is 1.94. The first kappa shape index (κ1) is 10.8. The van der Waals surface area contributed by atoms with Crippen LogP contribution in [0.2, 0.25) is 0 Å². The molecule has 1 aromatic carbocycles. The highest BCUT2D eigenvalue weighted by Crippen LogP contribution is 2.18. The summed E-state index contributed by atoms with van der Waals surface area (Å²) in [6.45, 7) is 4.26. The van der Waals surface area contributed by atoms with E-state index < -0.39 is 0 Å². The fourth-order valence-corrected chi connectivity index (χ4v) is 1.25. The van der Waals surface area contributed by atoms with Crippen LogP contribution in [0.3, 0.4) is 0 Å². The largest absolute Gasteiger partial charge is 0.497 e. The quantitative estimate of drug-likeness (QED) is 0.666. The van der Waals surface area contributed by atoms with Crippen LogP contribution in [-0.4, -0.2) is 12.8 Å². The lowest BCUT2D eigenvalue weighted by Crippen LogP contribution is -1.91. The Labute approximate surface area is 85.6 Å². The molecule has 0 N–H and O–H groups in total. The van der Waals surface area contributed by atoms with Crippen LogP contribution in [0.5, 0.6) is 5.75 Å². The molecule has 0 radical (unpaired) electrons. The van der Waals surface area contributed by atoms with Gasteiger partial charge in [0.15, 0.2) is 0 Å². The molecule has 0 amide bonds. The minimum Gasteiger partial charge on any atom is -0.497 e. The molecule has 0 saturated heterocycles. The summed E-state index contributed by atoms with van der Waals surface area (Å²) in [5.74, 6) is 0.874. The Bertz CT molecular complexity index is 295. The molecule has 0 aliphatic carbocycles. The first-order valence-corrected chi connectivity index (χ1v) is 5.00. The van der Waals surface area contributed by atoms with Crippen molar-refractivity contribution in [1.82, 2.24) is 0 Å². The van der Waals surface area contributed by atoms with E-state index in [0.717, 1.165) is 24.3 Å². The zero-order chi connectivity index (χ0) is 10.4. The van der Waals surface area contributed by atoms with Gasteiger partial charge in [-0.3, -0.25) is 4.99 Å². The number of aliphatic imine (C=N–C) groups is 1. The van der Waals surface area contributed by atoms with Crippen molar-refractivity contribution in [2.24, 2.45) is 4.99 Å².